The topological polar surface area (TPSA) is 64.9 Å². The second-order valence-electron chi connectivity index (χ2n) is 4.44. The molecule has 2 aromatic heterocycles. The van der Waals surface area contributed by atoms with Crippen molar-refractivity contribution in [3.63, 3.8) is 0 Å². The zero-order valence-electron chi connectivity index (χ0n) is 12.2. The number of aryl methyl sites for hydroxylation is 1. The molecule has 0 bridgehead atoms. The molecule has 0 spiro atoms. The van der Waals surface area contributed by atoms with Gasteiger partial charge in [-0.3, -0.25) is 0 Å². The summed E-state index contributed by atoms with van der Waals surface area (Å²) in [6.45, 7) is 0. The van der Waals surface area contributed by atoms with E-state index >= 15 is 0 Å². The number of nitrogens with zero attached hydrogens (tertiary/aromatic N) is 4. The first-order valence-electron chi connectivity index (χ1n) is 6.59. The Labute approximate surface area is 136 Å². The molecule has 6 nitrogen and oxygen atoms in total. The molecule has 114 valence electrons. The first-order valence-corrected chi connectivity index (χ1v) is 8.39. The summed E-state index contributed by atoms with van der Waals surface area (Å²) in [6.07, 6.45) is 3.73. The molecule has 22 heavy (non-hydrogen) atoms. The predicted molar refractivity (Wildman–Crippen MR) is 89.0 cm³/mol. The van der Waals surface area contributed by atoms with Crippen molar-refractivity contribution in [1.82, 2.24) is 19.7 Å². The van der Waals surface area contributed by atoms with Crippen molar-refractivity contribution < 1.29 is 4.74 Å². The number of imidazole rings is 1. The maximum Gasteiger partial charge on any atom is 0.210 e. The molecule has 0 amide bonds. The molecule has 0 saturated carbocycles. The molecule has 0 saturated heterocycles. The van der Waals surface area contributed by atoms with Crippen LogP contribution in [0.3, 0.4) is 0 Å². The van der Waals surface area contributed by atoms with E-state index in [2.05, 4.69) is 20.5 Å². The van der Waals surface area contributed by atoms with Crippen LogP contribution in [0.25, 0.3) is 0 Å². The smallest absolute Gasteiger partial charge is 0.210 e. The second kappa shape index (κ2) is 6.80. The van der Waals surface area contributed by atoms with Gasteiger partial charge >= 0.3 is 0 Å². The molecule has 0 aliphatic carbocycles. The summed E-state index contributed by atoms with van der Waals surface area (Å²) in [5.41, 5.74) is 0.877. The number of aromatic nitrogens is 4. The Morgan fingerprint density at radius 1 is 1.32 bits per heavy atom. The van der Waals surface area contributed by atoms with E-state index < -0.39 is 0 Å². The minimum absolute atomic E-state index is 0.742. The zero-order valence-corrected chi connectivity index (χ0v) is 13.8. The number of nitrogens with one attached hydrogen (secondary N) is 1. The second-order valence-corrected chi connectivity index (χ2v) is 6.64. The maximum absolute atomic E-state index is 5.31. The lowest BCUT2D eigenvalue weighted by atomic mass is 10.3. The van der Waals surface area contributed by atoms with Gasteiger partial charge in [0.15, 0.2) is 4.34 Å². The van der Waals surface area contributed by atoms with E-state index in [1.807, 2.05) is 42.1 Å². The van der Waals surface area contributed by atoms with E-state index in [0.29, 0.717) is 0 Å². The Morgan fingerprint density at radius 3 is 2.95 bits per heavy atom. The third-order valence-corrected chi connectivity index (χ3v) is 4.97. The summed E-state index contributed by atoms with van der Waals surface area (Å²) in [6, 6.07) is 7.72. The highest BCUT2D eigenvalue weighted by atomic mass is 32.2. The van der Waals surface area contributed by atoms with E-state index in [9.17, 15) is 0 Å². The maximum atomic E-state index is 5.31. The summed E-state index contributed by atoms with van der Waals surface area (Å²) >= 11 is 3.14. The lowest BCUT2D eigenvalue weighted by molar-refractivity contribution is 0.417. The normalized spacial score (nSPS) is 10.6. The number of methoxy groups -OCH3 is 1. The van der Waals surface area contributed by atoms with Gasteiger partial charge in [0, 0.05) is 19.4 Å². The van der Waals surface area contributed by atoms with Crippen molar-refractivity contribution in [1.29, 1.82) is 0 Å². The molecule has 1 N–H and O–H groups in total. The Balaban J connectivity index is 1.65. The van der Waals surface area contributed by atoms with Gasteiger partial charge in [-0.05, 0) is 12.1 Å². The van der Waals surface area contributed by atoms with Gasteiger partial charge in [-0.25, -0.2) is 4.98 Å². The van der Waals surface area contributed by atoms with Gasteiger partial charge in [-0.1, -0.05) is 35.2 Å². The Kier molecular flexibility index (Phi) is 4.59. The average molecular weight is 333 g/mol. The van der Waals surface area contributed by atoms with E-state index in [4.69, 9.17) is 4.74 Å². The van der Waals surface area contributed by atoms with Gasteiger partial charge in [0.05, 0.1) is 18.6 Å². The van der Waals surface area contributed by atoms with E-state index in [-0.39, 0.29) is 0 Å². The Hall–Kier alpha value is -2.06. The third kappa shape index (κ3) is 3.40. The number of anilines is 2. The van der Waals surface area contributed by atoms with Crippen LogP contribution in [0, 0.1) is 0 Å². The van der Waals surface area contributed by atoms with Crippen molar-refractivity contribution in [3.05, 3.63) is 42.5 Å². The molecule has 0 atom stereocenters. The van der Waals surface area contributed by atoms with Crippen molar-refractivity contribution in [2.75, 3.05) is 12.4 Å². The highest BCUT2D eigenvalue weighted by molar-refractivity contribution is 8.00. The highest BCUT2D eigenvalue weighted by Gasteiger charge is 2.09. The molecule has 2 heterocycles. The zero-order chi connectivity index (χ0) is 15.4. The quantitative estimate of drug-likeness (QED) is 0.698. The van der Waals surface area contributed by atoms with Crippen LogP contribution in [-0.2, 0) is 12.8 Å². The van der Waals surface area contributed by atoms with Crippen LogP contribution in [0.2, 0.25) is 0 Å². The summed E-state index contributed by atoms with van der Waals surface area (Å²) in [5, 5.41) is 12.3. The van der Waals surface area contributed by atoms with Gasteiger partial charge in [-0.2, -0.15) is 0 Å². The van der Waals surface area contributed by atoms with Gasteiger partial charge in [0.25, 0.3) is 0 Å². The van der Waals surface area contributed by atoms with Crippen molar-refractivity contribution in [2.24, 2.45) is 7.05 Å². The largest absolute Gasteiger partial charge is 0.495 e. The SMILES string of the molecule is COc1ccccc1Nc1nnc(SCc2nccn2C)s1. The van der Waals surface area contributed by atoms with Gasteiger partial charge in [0.1, 0.15) is 11.6 Å². The number of rotatable bonds is 6. The van der Waals surface area contributed by atoms with Crippen LogP contribution in [0.4, 0.5) is 10.8 Å². The molecule has 0 fully saturated rings. The van der Waals surface area contributed by atoms with Crippen LogP contribution in [-0.4, -0.2) is 26.9 Å². The standard InChI is InChI=1S/C14H15N5OS2/c1-19-8-7-15-12(19)9-21-14-18-17-13(22-14)16-10-5-3-4-6-11(10)20-2/h3-8H,9H2,1-2H3,(H,16,17). The molecular weight excluding hydrogens is 318 g/mol. The average Bonchev–Trinajstić information content (AvgIpc) is 3.15. The fraction of sp³-hybridized carbons (Fsp3) is 0.214. The molecule has 0 radical (unpaired) electrons. The molecule has 0 unspecified atom stereocenters. The summed E-state index contributed by atoms with van der Waals surface area (Å²) in [4.78, 5) is 4.29. The van der Waals surface area contributed by atoms with E-state index in [1.165, 1.54) is 11.3 Å². The lowest BCUT2D eigenvalue weighted by Gasteiger charge is -2.07. The number of thioether (sulfide) groups is 1. The first-order chi connectivity index (χ1) is 10.8. The van der Waals surface area contributed by atoms with Crippen molar-refractivity contribution >= 4 is 33.9 Å². The molecular formula is C14H15N5OS2. The minimum Gasteiger partial charge on any atom is -0.495 e. The molecule has 0 aliphatic heterocycles. The fourth-order valence-corrected chi connectivity index (χ4v) is 3.61. The number of hydrogen-bond donors (Lipinski definition) is 1. The molecule has 0 aliphatic rings. The minimum atomic E-state index is 0.742. The van der Waals surface area contributed by atoms with Gasteiger partial charge in [-0.15, -0.1) is 10.2 Å². The van der Waals surface area contributed by atoms with E-state index in [0.717, 1.165) is 32.5 Å². The van der Waals surface area contributed by atoms with Crippen molar-refractivity contribution in [2.45, 2.75) is 10.1 Å². The van der Waals surface area contributed by atoms with E-state index in [1.54, 1.807) is 25.1 Å². The molecule has 3 rings (SSSR count). The highest BCUT2D eigenvalue weighted by Crippen LogP contribution is 2.32. The lowest BCUT2D eigenvalue weighted by Crippen LogP contribution is -1.94. The number of ether oxygens (including phenoxy) is 1. The molecule has 1 aromatic carbocycles. The predicted octanol–water partition coefficient (Wildman–Crippen LogP) is 3.32. The van der Waals surface area contributed by atoms with Crippen LogP contribution < -0.4 is 10.1 Å². The van der Waals surface area contributed by atoms with Crippen LogP contribution >= 0.6 is 23.1 Å². The Bertz CT molecular complexity index is 755. The molecule has 3 aromatic rings. The van der Waals surface area contributed by atoms with Gasteiger partial charge in [0.2, 0.25) is 5.13 Å². The number of para-hydroxylation sites is 2. The third-order valence-electron chi connectivity index (χ3n) is 3.00. The van der Waals surface area contributed by atoms with Crippen LogP contribution in [0.15, 0.2) is 41.0 Å². The first kappa shape index (κ1) is 14.9. The monoisotopic (exact) mass is 333 g/mol. The number of benzene rings is 1. The summed E-state index contributed by atoms with van der Waals surface area (Å²) in [5.74, 6) is 2.56. The van der Waals surface area contributed by atoms with Crippen molar-refractivity contribution in [3.8, 4) is 5.75 Å². The summed E-state index contributed by atoms with van der Waals surface area (Å²) in [7, 11) is 3.63. The number of hydrogen-bond acceptors (Lipinski definition) is 7. The fourth-order valence-electron chi connectivity index (χ4n) is 1.84. The van der Waals surface area contributed by atoms with Crippen LogP contribution in [0.1, 0.15) is 5.82 Å². The molecule has 8 heteroatoms. The van der Waals surface area contributed by atoms with Gasteiger partial charge < -0.3 is 14.6 Å². The Morgan fingerprint density at radius 2 is 2.18 bits per heavy atom. The van der Waals surface area contributed by atoms with Crippen LogP contribution in [0.5, 0.6) is 5.75 Å². The summed E-state index contributed by atoms with van der Waals surface area (Å²) < 4.78 is 8.22.